The Bertz CT molecular complexity index is 1390. The fourth-order valence-electron chi connectivity index (χ4n) is 3.96. The standard InChI is InChI=1S/C24H21Cl2N3O5S/c25-19-5-2-6-20(26)22(19)23(31)28-16-10-21-24(27-11-16)34-17(13-30)12-29(21)35(32,33)18-4-1-3-15(9-18)14-7-8-14/h1-6,9-11,14,17,30H,7-8,12-13H2,(H,28,31). The first kappa shape index (κ1) is 23.9. The van der Waals surface area contributed by atoms with Crippen LogP contribution in [0.1, 0.15) is 34.7 Å². The quantitative estimate of drug-likeness (QED) is 0.483. The Hall–Kier alpha value is -2.85. The van der Waals surface area contributed by atoms with Crippen LogP contribution in [0.2, 0.25) is 10.0 Å². The van der Waals surface area contributed by atoms with Crippen LogP contribution in [0.4, 0.5) is 11.4 Å². The fraction of sp³-hybridized carbons (Fsp3) is 0.250. The number of hydrogen-bond donors (Lipinski definition) is 2. The average molecular weight is 534 g/mol. The summed E-state index contributed by atoms with van der Waals surface area (Å²) in [6, 6.07) is 13.1. The molecule has 11 heteroatoms. The van der Waals surface area contributed by atoms with Gasteiger partial charge in [0.25, 0.3) is 15.9 Å². The van der Waals surface area contributed by atoms with E-state index in [0.29, 0.717) is 5.92 Å². The van der Waals surface area contributed by atoms with Crippen molar-refractivity contribution in [3.63, 3.8) is 0 Å². The number of hydrogen-bond acceptors (Lipinski definition) is 6. The number of nitrogens with zero attached hydrogens (tertiary/aromatic N) is 2. The molecule has 3 aromatic rings. The molecule has 1 aliphatic heterocycles. The maximum Gasteiger partial charge on any atom is 0.264 e. The summed E-state index contributed by atoms with van der Waals surface area (Å²) in [4.78, 5) is 17.2. The molecule has 1 fully saturated rings. The average Bonchev–Trinajstić information content (AvgIpc) is 3.69. The largest absolute Gasteiger partial charge is 0.468 e. The van der Waals surface area contributed by atoms with E-state index >= 15 is 0 Å². The van der Waals surface area contributed by atoms with Gasteiger partial charge in [-0.25, -0.2) is 13.4 Å². The molecule has 0 saturated heterocycles. The van der Waals surface area contributed by atoms with E-state index in [1.807, 2.05) is 6.07 Å². The van der Waals surface area contributed by atoms with Crippen molar-refractivity contribution in [2.45, 2.75) is 29.8 Å². The van der Waals surface area contributed by atoms with Crippen LogP contribution in [0.5, 0.6) is 5.88 Å². The molecule has 2 N–H and O–H groups in total. The number of carbonyl (C=O) groups is 1. The summed E-state index contributed by atoms with van der Waals surface area (Å²) in [6.45, 7) is -0.506. The highest BCUT2D eigenvalue weighted by atomic mass is 35.5. The number of anilines is 2. The second-order valence-corrected chi connectivity index (χ2v) is 11.1. The van der Waals surface area contributed by atoms with Crippen molar-refractivity contribution in [3.05, 3.63) is 75.9 Å². The number of sulfonamides is 1. The zero-order valence-corrected chi connectivity index (χ0v) is 20.6. The van der Waals surface area contributed by atoms with Gasteiger partial charge in [0, 0.05) is 0 Å². The Labute approximate surface area is 212 Å². The van der Waals surface area contributed by atoms with Gasteiger partial charge in [-0.1, -0.05) is 41.4 Å². The van der Waals surface area contributed by atoms with Crippen molar-refractivity contribution in [2.75, 3.05) is 22.8 Å². The molecule has 2 aromatic carbocycles. The molecule has 1 saturated carbocycles. The van der Waals surface area contributed by atoms with Gasteiger partial charge in [-0.15, -0.1) is 0 Å². The van der Waals surface area contributed by atoms with Gasteiger partial charge < -0.3 is 15.2 Å². The monoisotopic (exact) mass is 533 g/mol. The summed E-state index contributed by atoms with van der Waals surface area (Å²) in [6.07, 6.45) is 2.62. The SMILES string of the molecule is O=C(Nc1cnc2c(c1)N(S(=O)(=O)c1cccc(C3CC3)c1)CC(CO)O2)c1c(Cl)cccc1Cl. The first-order valence-corrected chi connectivity index (χ1v) is 13.1. The molecule has 2 aliphatic rings. The van der Waals surface area contributed by atoms with Crippen molar-refractivity contribution >= 4 is 50.5 Å². The lowest BCUT2D eigenvalue weighted by Gasteiger charge is -2.34. The van der Waals surface area contributed by atoms with Crippen LogP contribution in [-0.2, 0) is 10.0 Å². The molecule has 182 valence electrons. The van der Waals surface area contributed by atoms with E-state index in [1.165, 1.54) is 12.3 Å². The molecule has 35 heavy (non-hydrogen) atoms. The molecule has 0 spiro atoms. The molecule has 1 aliphatic carbocycles. The van der Waals surface area contributed by atoms with Crippen LogP contribution in [0.15, 0.2) is 59.6 Å². The smallest absolute Gasteiger partial charge is 0.264 e. The lowest BCUT2D eigenvalue weighted by molar-refractivity contribution is 0.102. The normalized spacial score (nSPS) is 17.5. The summed E-state index contributed by atoms with van der Waals surface area (Å²) < 4.78 is 34.2. The molecule has 1 aromatic heterocycles. The molecule has 1 atom stereocenters. The molecule has 2 heterocycles. The second kappa shape index (κ2) is 9.31. The zero-order valence-electron chi connectivity index (χ0n) is 18.3. The highest BCUT2D eigenvalue weighted by Gasteiger charge is 2.36. The lowest BCUT2D eigenvalue weighted by atomic mass is 10.1. The maximum absolute atomic E-state index is 13.7. The van der Waals surface area contributed by atoms with E-state index in [9.17, 15) is 18.3 Å². The van der Waals surface area contributed by atoms with E-state index in [4.69, 9.17) is 27.9 Å². The zero-order chi connectivity index (χ0) is 24.7. The molecular weight excluding hydrogens is 513 g/mol. The van der Waals surface area contributed by atoms with Gasteiger partial charge in [0.05, 0.1) is 45.5 Å². The number of carbonyl (C=O) groups excluding carboxylic acids is 1. The van der Waals surface area contributed by atoms with Crippen LogP contribution < -0.4 is 14.4 Å². The van der Waals surface area contributed by atoms with Gasteiger partial charge >= 0.3 is 0 Å². The first-order chi connectivity index (χ1) is 16.8. The van der Waals surface area contributed by atoms with Gasteiger partial charge in [0.2, 0.25) is 5.88 Å². The van der Waals surface area contributed by atoms with Crippen LogP contribution in [-0.4, -0.2) is 43.7 Å². The predicted octanol–water partition coefficient (Wildman–Crippen LogP) is 4.47. The molecule has 8 nitrogen and oxygen atoms in total. The number of nitrogens with one attached hydrogen (secondary N) is 1. The van der Waals surface area contributed by atoms with E-state index in [1.54, 1.807) is 36.4 Å². The van der Waals surface area contributed by atoms with Crippen LogP contribution in [0.25, 0.3) is 0 Å². The topological polar surface area (TPSA) is 109 Å². The van der Waals surface area contributed by atoms with Gasteiger partial charge in [-0.3, -0.25) is 9.10 Å². The molecular formula is C24H21Cl2N3O5S. The Morgan fingerprint density at radius 3 is 2.54 bits per heavy atom. The molecule has 0 radical (unpaired) electrons. The molecule has 5 rings (SSSR count). The van der Waals surface area contributed by atoms with E-state index in [0.717, 1.165) is 22.7 Å². The second-order valence-electron chi connectivity index (χ2n) is 8.40. The fourth-order valence-corrected chi connectivity index (χ4v) is 6.07. The maximum atomic E-state index is 13.7. The van der Waals surface area contributed by atoms with Gasteiger partial charge in [0.15, 0.2) is 0 Å². The van der Waals surface area contributed by atoms with Crippen molar-refractivity contribution in [1.82, 2.24) is 4.98 Å². The third-order valence-electron chi connectivity index (χ3n) is 5.89. The minimum absolute atomic E-state index is 0.0333. The third-order valence-corrected chi connectivity index (χ3v) is 8.30. The number of amides is 1. The van der Waals surface area contributed by atoms with Crippen molar-refractivity contribution < 1.29 is 23.1 Å². The van der Waals surface area contributed by atoms with Crippen LogP contribution in [0, 0.1) is 0 Å². The van der Waals surface area contributed by atoms with Gasteiger partial charge in [-0.05, 0) is 54.7 Å². The number of pyridine rings is 1. The summed E-state index contributed by atoms with van der Waals surface area (Å²) in [7, 11) is -4.01. The number of benzene rings is 2. The highest BCUT2D eigenvalue weighted by molar-refractivity contribution is 7.92. The van der Waals surface area contributed by atoms with E-state index in [-0.39, 0.29) is 44.3 Å². The van der Waals surface area contributed by atoms with E-state index < -0.39 is 28.6 Å². The Balaban J connectivity index is 1.51. The first-order valence-electron chi connectivity index (χ1n) is 10.9. The molecule has 1 amide bonds. The molecule has 0 bridgehead atoms. The number of aliphatic hydroxyl groups excluding tert-OH is 1. The van der Waals surface area contributed by atoms with Crippen molar-refractivity contribution in [1.29, 1.82) is 0 Å². The minimum atomic E-state index is -4.01. The highest BCUT2D eigenvalue weighted by Crippen LogP contribution is 2.42. The van der Waals surface area contributed by atoms with E-state index in [2.05, 4.69) is 10.3 Å². The predicted molar refractivity (Wildman–Crippen MR) is 133 cm³/mol. The Morgan fingerprint density at radius 1 is 1.14 bits per heavy atom. The minimum Gasteiger partial charge on any atom is -0.468 e. The number of aliphatic hydroxyl groups is 1. The summed E-state index contributed by atoms with van der Waals surface area (Å²) in [5.74, 6) is -0.155. The number of rotatable bonds is 6. The van der Waals surface area contributed by atoms with Crippen molar-refractivity contribution in [2.24, 2.45) is 0 Å². The van der Waals surface area contributed by atoms with Crippen molar-refractivity contribution in [3.8, 4) is 5.88 Å². The van der Waals surface area contributed by atoms with Gasteiger partial charge in [0.1, 0.15) is 11.8 Å². The van der Waals surface area contributed by atoms with Crippen LogP contribution in [0.3, 0.4) is 0 Å². The number of fused-ring (bicyclic) bond motifs is 1. The number of aromatic nitrogens is 1. The number of halogens is 2. The summed E-state index contributed by atoms with van der Waals surface area (Å²) >= 11 is 12.3. The summed E-state index contributed by atoms with van der Waals surface area (Å²) in [5.41, 5.74) is 1.44. The number of ether oxygens (including phenoxy) is 1. The molecule has 1 unspecified atom stereocenters. The van der Waals surface area contributed by atoms with Gasteiger partial charge in [-0.2, -0.15) is 0 Å². The Kier molecular flexibility index (Phi) is 6.35. The van der Waals surface area contributed by atoms with Crippen LogP contribution >= 0.6 is 23.2 Å². The third kappa shape index (κ3) is 4.69. The Morgan fingerprint density at radius 2 is 1.86 bits per heavy atom. The summed E-state index contributed by atoms with van der Waals surface area (Å²) in [5, 5.41) is 12.7. The lowest BCUT2D eigenvalue weighted by Crippen LogP contribution is -2.45.